The molecule has 6 nitrogen and oxygen atoms in total. The van der Waals surface area contributed by atoms with E-state index < -0.39 is 12.1 Å². The highest BCUT2D eigenvalue weighted by molar-refractivity contribution is 7.98. The number of rotatable bonds is 8. The van der Waals surface area contributed by atoms with Crippen molar-refractivity contribution in [3.8, 4) is 0 Å². The molecule has 1 aliphatic rings. The Morgan fingerprint density at radius 3 is 2.74 bits per heavy atom. The van der Waals surface area contributed by atoms with Gasteiger partial charge in [0.15, 0.2) is 0 Å². The molecule has 124 valence electrons. The minimum absolute atomic E-state index is 0.227. The van der Waals surface area contributed by atoms with Gasteiger partial charge in [-0.1, -0.05) is 30.3 Å². The Balaban J connectivity index is 1.76. The van der Waals surface area contributed by atoms with E-state index in [1.807, 2.05) is 36.6 Å². The molecule has 0 bridgehead atoms. The van der Waals surface area contributed by atoms with Crippen LogP contribution in [0.2, 0.25) is 0 Å². The number of nitrogens with zero attached hydrogens (tertiary/aromatic N) is 1. The molecule has 1 heterocycles. The third-order valence-electron chi connectivity index (χ3n) is 3.60. The minimum atomic E-state index is -0.507. The second kappa shape index (κ2) is 8.57. The number of amides is 4. The third-order valence-corrected chi connectivity index (χ3v) is 4.24. The molecule has 0 radical (unpaired) electrons. The Hall–Kier alpha value is -2.02. The Bertz CT molecular complexity index is 565. The predicted molar refractivity (Wildman–Crippen MR) is 90.2 cm³/mol. The highest BCUT2D eigenvalue weighted by Crippen LogP contribution is 2.11. The number of urea groups is 1. The van der Waals surface area contributed by atoms with Crippen LogP contribution in [0, 0.1) is 0 Å². The number of hydrogen-bond acceptors (Lipinski definition) is 4. The second-order valence-corrected chi connectivity index (χ2v) is 6.28. The van der Waals surface area contributed by atoms with Gasteiger partial charge in [-0.2, -0.15) is 11.8 Å². The fraction of sp³-hybridized carbons (Fsp3) is 0.438. The van der Waals surface area contributed by atoms with Crippen LogP contribution in [0.15, 0.2) is 30.3 Å². The summed E-state index contributed by atoms with van der Waals surface area (Å²) < 4.78 is 0. The van der Waals surface area contributed by atoms with Crippen molar-refractivity contribution >= 4 is 29.6 Å². The Labute approximate surface area is 140 Å². The van der Waals surface area contributed by atoms with Crippen LogP contribution in [0.1, 0.15) is 12.0 Å². The van der Waals surface area contributed by atoms with E-state index in [4.69, 9.17) is 0 Å². The quantitative estimate of drug-likeness (QED) is 0.695. The minimum Gasteiger partial charge on any atom is -0.354 e. The van der Waals surface area contributed by atoms with E-state index in [1.54, 1.807) is 11.8 Å². The number of carbonyl (C=O) groups is 3. The number of benzene rings is 1. The molecule has 4 amide bonds. The SMILES string of the molecule is CSCC[C@@H]1NC(=O)N(CC(=O)NCCc2ccccc2)C1=O. The first kappa shape index (κ1) is 17.3. The van der Waals surface area contributed by atoms with Gasteiger partial charge >= 0.3 is 6.03 Å². The predicted octanol–water partition coefficient (Wildman–Crippen LogP) is 1.02. The molecule has 7 heteroatoms. The van der Waals surface area contributed by atoms with Gasteiger partial charge in [0, 0.05) is 6.54 Å². The third kappa shape index (κ3) is 4.99. The molecule has 0 spiro atoms. The Morgan fingerprint density at radius 2 is 2.04 bits per heavy atom. The molecule has 0 aromatic heterocycles. The molecule has 1 atom stereocenters. The standard InChI is InChI=1S/C16H21N3O3S/c1-23-10-8-13-15(21)19(16(22)18-13)11-14(20)17-9-7-12-5-3-2-4-6-12/h2-6,13H,7-11H2,1H3,(H,17,20)(H,18,22)/t13-/m0/s1. The summed E-state index contributed by atoms with van der Waals surface area (Å²) in [6.07, 6.45) is 3.24. The van der Waals surface area contributed by atoms with Gasteiger partial charge in [-0.25, -0.2) is 4.79 Å². The molecule has 1 aromatic carbocycles. The highest BCUT2D eigenvalue weighted by atomic mass is 32.2. The molecule has 1 aromatic rings. The van der Waals surface area contributed by atoms with E-state index in [0.717, 1.165) is 16.2 Å². The van der Waals surface area contributed by atoms with Crippen LogP contribution in [-0.2, 0) is 16.0 Å². The lowest BCUT2D eigenvalue weighted by atomic mass is 10.1. The summed E-state index contributed by atoms with van der Waals surface area (Å²) in [6, 6.07) is 8.80. The largest absolute Gasteiger partial charge is 0.354 e. The summed E-state index contributed by atoms with van der Waals surface area (Å²) in [4.78, 5) is 36.8. The first-order valence-electron chi connectivity index (χ1n) is 7.53. The molecule has 1 fully saturated rings. The van der Waals surface area contributed by atoms with Gasteiger partial charge in [-0.3, -0.25) is 14.5 Å². The summed E-state index contributed by atoms with van der Waals surface area (Å²) in [5, 5.41) is 5.36. The van der Waals surface area contributed by atoms with Crippen molar-refractivity contribution < 1.29 is 14.4 Å². The molecule has 1 aliphatic heterocycles. The van der Waals surface area contributed by atoms with Crippen LogP contribution in [0.25, 0.3) is 0 Å². The maximum absolute atomic E-state index is 12.1. The molecule has 2 rings (SSSR count). The van der Waals surface area contributed by atoms with Crippen molar-refractivity contribution in [1.82, 2.24) is 15.5 Å². The normalized spacial score (nSPS) is 17.3. The summed E-state index contributed by atoms with van der Waals surface area (Å²) >= 11 is 1.61. The molecule has 0 unspecified atom stereocenters. The number of hydrogen-bond donors (Lipinski definition) is 2. The number of nitrogens with one attached hydrogen (secondary N) is 2. The lowest BCUT2D eigenvalue weighted by Crippen LogP contribution is -2.41. The summed E-state index contributed by atoms with van der Waals surface area (Å²) in [5.41, 5.74) is 1.12. The first-order chi connectivity index (χ1) is 11.1. The van der Waals surface area contributed by atoms with Gasteiger partial charge in [0.1, 0.15) is 12.6 Å². The fourth-order valence-electron chi connectivity index (χ4n) is 2.35. The zero-order valence-corrected chi connectivity index (χ0v) is 13.9. The van der Waals surface area contributed by atoms with Crippen molar-refractivity contribution in [2.75, 3.05) is 25.1 Å². The van der Waals surface area contributed by atoms with E-state index in [9.17, 15) is 14.4 Å². The van der Waals surface area contributed by atoms with E-state index in [-0.39, 0.29) is 18.4 Å². The summed E-state index contributed by atoms with van der Waals surface area (Å²) in [7, 11) is 0. The first-order valence-corrected chi connectivity index (χ1v) is 8.92. The van der Waals surface area contributed by atoms with E-state index >= 15 is 0 Å². The number of carbonyl (C=O) groups excluding carboxylic acids is 3. The van der Waals surface area contributed by atoms with E-state index in [0.29, 0.717) is 19.4 Å². The van der Waals surface area contributed by atoms with Crippen LogP contribution in [0.5, 0.6) is 0 Å². The molecular formula is C16H21N3O3S. The zero-order chi connectivity index (χ0) is 16.7. The van der Waals surface area contributed by atoms with Crippen LogP contribution in [-0.4, -0.2) is 53.9 Å². The average molecular weight is 335 g/mol. The molecular weight excluding hydrogens is 314 g/mol. The van der Waals surface area contributed by atoms with Crippen LogP contribution >= 0.6 is 11.8 Å². The average Bonchev–Trinajstić information content (AvgIpc) is 2.81. The smallest absolute Gasteiger partial charge is 0.325 e. The summed E-state index contributed by atoms with van der Waals surface area (Å²) in [5.74, 6) is 0.144. The van der Waals surface area contributed by atoms with E-state index in [2.05, 4.69) is 10.6 Å². The van der Waals surface area contributed by atoms with Crippen LogP contribution < -0.4 is 10.6 Å². The van der Waals surface area contributed by atoms with Gasteiger partial charge in [-0.05, 0) is 30.4 Å². The fourth-order valence-corrected chi connectivity index (χ4v) is 2.82. The molecule has 1 saturated heterocycles. The summed E-state index contributed by atoms with van der Waals surface area (Å²) in [6.45, 7) is 0.248. The molecule has 23 heavy (non-hydrogen) atoms. The lowest BCUT2D eigenvalue weighted by Gasteiger charge is -2.13. The van der Waals surface area contributed by atoms with Crippen LogP contribution in [0.4, 0.5) is 4.79 Å². The Morgan fingerprint density at radius 1 is 1.30 bits per heavy atom. The number of thioether (sulfide) groups is 1. The van der Waals surface area contributed by atoms with Crippen molar-refractivity contribution in [3.63, 3.8) is 0 Å². The zero-order valence-electron chi connectivity index (χ0n) is 13.1. The van der Waals surface area contributed by atoms with Crippen molar-refractivity contribution in [2.24, 2.45) is 0 Å². The Kier molecular flexibility index (Phi) is 6.46. The maximum Gasteiger partial charge on any atom is 0.325 e. The molecule has 2 N–H and O–H groups in total. The van der Waals surface area contributed by atoms with E-state index in [1.165, 1.54) is 0 Å². The number of imide groups is 1. The highest BCUT2D eigenvalue weighted by Gasteiger charge is 2.38. The van der Waals surface area contributed by atoms with Crippen LogP contribution in [0.3, 0.4) is 0 Å². The van der Waals surface area contributed by atoms with Crippen molar-refractivity contribution in [2.45, 2.75) is 18.9 Å². The second-order valence-electron chi connectivity index (χ2n) is 5.29. The molecule has 0 saturated carbocycles. The van der Waals surface area contributed by atoms with Gasteiger partial charge in [0.2, 0.25) is 5.91 Å². The van der Waals surface area contributed by atoms with Gasteiger partial charge in [0.25, 0.3) is 5.91 Å². The van der Waals surface area contributed by atoms with Gasteiger partial charge < -0.3 is 10.6 Å². The topological polar surface area (TPSA) is 78.5 Å². The molecule has 0 aliphatic carbocycles. The maximum atomic E-state index is 12.1. The lowest BCUT2D eigenvalue weighted by molar-refractivity contribution is -0.132. The van der Waals surface area contributed by atoms with Gasteiger partial charge in [-0.15, -0.1) is 0 Å². The van der Waals surface area contributed by atoms with Crippen molar-refractivity contribution in [1.29, 1.82) is 0 Å². The van der Waals surface area contributed by atoms with Crippen molar-refractivity contribution in [3.05, 3.63) is 35.9 Å². The van der Waals surface area contributed by atoms with Gasteiger partial charge in [0.05, 0.1) is 0 Å². The monoisotopic (exact) mass is 335 g/mol.